The Morgan fingerprint density at radius 1 is 1.26 bits per heavy atom. The zero-order valence-corrected chi connectivity index (χ0v) is 14.2. The van der Waals surface area contributed by atoms with Crippen LogP contribution in [-0.4, -0.2) is 53.8 Å². The first-order chi connectivity index (χ1) is 10.7. The quantitative estimate of drug-likeness (QED) is 0.779. The highest BCUT2D eigenvalue weighted by Gasteiger charge is 2.27. The molecule has 0 aliphatic rings. The van der Waals surface area contributed by atoms with Gasteiger partial charge in [0.25, 0.3) is 0 Å². The summed E-state index contributed by atoms with van der Waals surface area (Å²) in [5.41, 5.74) is 0.293. The summed E-state index contributed by atoms with van der Waals surface area (Å²) in [6.07, 6.45) is 0.342. The zero-order valence-electron chi connectivity index (χ0n) is 14.2. The third kappa shape index (κ3) is 7.15. The van der Waals surface area contributed by atoms with E-state index in [2.05, 4.69) is 5.32 Å². The van der Waals surface area contributed by atoms with Crippen molar-refractivity contribution in [2.75, 3.05) is 20.2 Å². The van der Waals surface area contributed by atoms with Crippen LogP contribution < -0.4 is 5.32 Å². The maximum Gasteiger partial charge on any atom is 0.329 e. The number of aliphatic hydroxyl groups is 1. The number of amides is 2. The maximum atomic E-state index is 12.4. The second-order valence-corrected chi connectivity index (χ2v) is 6.37. The van der Waals surface area contributed by atoms with Crippen molar-refractivity contribution in [2.24, 2.45) is 0 Å². The molecule has 0 saturated heterocycles. The fourth-order valence-corrected chi connectivity index (χ4v) is 1.93. The molecule has 23 heavy (non-hydrogen) atoms. The molecule has 0 fully saturated rings. The molecule has 2 N–H and O–H groups in total. The van der Waals surface area contributed by atoms with Crippen molar-refractivity contribution in [1.29, 1.82) is 0 Å². The maximum absolute atomic E-state index is 12.4. The van der Waals surface area contributed by atoms with Gasteiger partial charge in [0, 0.05) is 20.0 Å². The topological polar surface area (TPSA) is 78.9 Å². The van der Waals surface area contributed by atoms with Gasteiger partial charge in [0.05, 0.1) is 6.61 Å². The molecule has 1 aromatic rings. The number of nitrogens with one attached hydrogen (secondary N) is 1. The summed E-state index contributed by atoms with van der Waals surface area (Å²) in [6.45, 7) is 5.40. The molecule has 128 valence electrons. The Morgan fingerprint density at radius 2 is 1.87 bits per heavy atom. The highest BCUT2D eigenvalue weighted by Crippen LogP contribution is 2.11. The summed E-state index contributed by atoms with van der Waals surface area (Å²) in [7, 11) is 1.56. The van der Waals surface area contributed by atoms with E-state index in [9.17, 15) is 9.59 Å². The number of hydrogen-bond donors (Lipinski definition) is 2. The smallest absolute Gasteiger partial charge is 0.329 e. The molecule has 6 heteroatoms. The Labute approximate surface area is 137 Å². The molecule has 0 radical (unpaired) electrons. The number of rotatable bonds is 6. The number of likely N-dealkylation sites (N-methyl/N-ethyl adjacent to an activating group) is 1. The third-order valence-corrected chi connectivity index (χ3v) is 3.05. The van der Waals surface area contributed by atoms with Crippen LogP contribution in [0.5, 0.6) is 0 Å². The molecular formula is C17H26N2O4. The minimum atomic E-state index is -0.787. The first-order valence-corrected chi connectivity index (χ1v) is 7.62. The normalized spacial score (nSPS) is 12.4. The Bertz CT molecular complexity index is 511. The summed E-state index contributed by atoms with van der Waals surface area (Å²) in [5.74, 6) is -0.480. The highest BCUT2D eigenvalue weighted by molar-refractivity contribution is 5.84. The second kappa shape index (κ2) is 8.53. The first-order valence-electron chi connectivity index (χ1n) is 7.62. The van der Waals surface area contributed by atoms with Gasteiger partial charge in [-0.2, -0.15) is 0 Å². The molecule has 0 aromatic heterocycles. The van der Waals surface area contributed by atoms with Gasteiger partial charge in [-0.25, -0.2) is 9.59 Å². The van der Waals surface area contributed by atoms with Crippen LogP contribution in [0.3, 0.4) is 0 Å². The van der Waals surface area contributed by atoms with Gasteiger partial charge in [0.2, 0.25) is 0 Å². The van der Waals surface area contributed by atoms with E-state index in [0.29, 0.717) is 6.42 Å². The molecule has 1 aromatic carbocycles. The zero-order chi connectivity index (χ0) is 17.5. The minimum Gasteiger partial charge on any atom is -0.458 e. The van der Waals surface area contributed by atoms with Gasteiger partial charge >= 0.3 is 12.0 Å². The number of aliphatic hydroxyl groups excluding tert-OH is 1. The lowest BCUT2D eigenvalue weighted by Gasteiger charge is -2.26. The van der Waals surface area contributed by atoms with Gasteiger partial charge in [-0.15, -0.1) is 0 Å². The Kier molecular flexibility index (Phi) is 7.03. The van der Waals surface area contributed by atoms with E-state index in [1.54, 1.807) is 27.8 Å². The Morgan fingerprint density at radius 3 is 2.39 bits per heavy atom. The molecule has 0 bridgehead atoms. The number of esters is 1. The van der Waals surface area contributed by atoms with E-state index in [1.165, 1.54) is 4.90 Å². The molecule has 0 spiro atoms. The molecule has 0 saturated carbocycles. The van der Waals surface area contributed by atoms with Gasteiger partial charge in [0.15, 0.2) is 0 Å². The number of urea groups is 1. The number of benzene rings is 1. The summed E-state index contributed by atoms with van der Waals surface area (Å²) in [5, 5.41) is 11.6. The molecule has 1 rings (SSSR count). The van der Waals surface area contributed by atoms with Crippen molar-refractivity contribution in [3.05, 3.63) is 35.9 Å². The third-order valence-electron chi connectivity index (χ3n) is 3.05. The lowest BCUT2D eigenvalue weighted by molar-refractivity contribution is -0.157. The van der Waals surface area contributed by atoms with Crippen molar-refractivity contribution in [3.63, 3.8) is 0 Å². The van der Waals surface area contributed by atoms with E-state index < -0.39 is 23.6 Å². The van der Waals surface area contributed by atoms with Crippen LogP contribution >= 0.6 is 0 Å². The van der Waals surface area contributed by atoms with Crippen LogP contribution in [0.2, 0.25) is 0 Å². The minimum absolute atomic E-state index is 0.139. The van der Waals surface area contributed by atoms with Crippen LogP contribution in [0, 0.1) is 0 Å². The Hall–Kier alpha value is -2.08. The summed E-state index contributed by atoms with van der Waals surface area (Å²) >= 11 is 0. The average Bonchev–Trinajstić information content (AvgIpc) is 2.46. The van der Waals surface area contributed by atoms with E-state index in [4.69, 9.17) is 9.84 Å². The van der Waals surface area contributed by atoms with Crippen LogP contribution in [-0.2, 0) is 16.0 Å². The molecule has 1 unspecified atom stereocenters. The molecule has 0 aliphatic carbocycles. The van der Waals surface area contributed by atoms with Gasteiger partial charge in [-0.1, -0.05) is 30.3 Å². The van der Waals surface area contributed by atoms with Gasteiger partial charge < -0.3 is 20.1 Å². The number of nitrogens with zero attached hydrogens (tertiary/aromatic N) is 1. The summed E-state index contributed by atoms with van der Waals surface area (Å²) < 4.78 is 5.39. The molecule has 2 amide bonds. The largest absolute Gasteiger partial charge is 0.458 e. The van der Waals surface area contributed by atoms with E-state index in [0.717, 1.165) is 5.56 Å². The SMILES string of the molecule is CN(CCO)C(=O)NC(Cc1ccccc1)C(=O)OC(C)(C)C. The van der Waals surface area contributed by atoms with Crippen molar-refractivity contribution >= 4 is 12.0 Å². The molecule has 0 heterocycles. The predicted octanol–water partition coefficient (Wildman–Crippen LogP) is 1.57. The molecular weight excluding hydrogens is 296 g/mol. The standard InChI is InChI=1S/C17H26N2O4/c1-17(2,3)23-15(21)14(12-13-8-6-5-7-9-13)18-16(22)19(4)10-11-20/h5-9,14,20H,10-12H2,1-4H3,(H,18,22). The van der Waals surface area contributed by atoms with E-state index in [-0.39, 0.29) is 13.2 Å². The van der Waals surface area contributed by atoms with E-state index >= 15 is 0 Å². The average molecular weight is 322 g/mol. The van der Waals surface area contributed by atoms with Crippen LogP contribution in [0.25, 0.3) is 0 Å². The fraction of sp³-hybridized carbons (Fsp3) is 0.529. The van der Waals surface area contributed by atoms with E-state index in [1.807, 2.05) is 30.3 Å². The molecule has 0 aliphatic heterocycles. The Balaban J connectivity index is 2.83. The van der Waals surface area contributed by atoms with Gasteiger partial charge in [0.1, 0.15) is 11.6 Å². The monoisotopic (exact) mass is 322 g/mol. The lowest BCUT2D eigenvalue weighted by Crippen LogP contribution is -2.50. The first kappa shape index (κ1) is 19.0. The van der Waals surface area contributed by atoms with Crippen molar-refractivity contribution in [1.82, 2.24) is 10.2 Å². The predicted molar refractivity (Wildman–Crippen MR) is 88.0 cm³/mol. The summed E-state index contributed by atoms with van der Waals surface area (Å²) in [4.78, 5) is 25.8. The second-order valence-electron chi connectivity index (χ2n) is 6.37. The van der Waals surface area contributed by atoms with Gasteiger partial charge in [-0.05, 0) is 26.3 Å². The summed E-state index contributed by atoms with van der Waals surface area (Å²) in [6, 6.07) is 8.21. The van der Waals surface area contributed by atoms with Crippen LogP contribution in [0.15, 0.2) is 30.3 Å². The fourth-order valence-electron chi connectivity index (χ4n) is 1.93. The van der Waals surface area contributed by atoms with Crippen molar-refractivity contribution in [2.45, 2.75) is 38.8 Å². The number of hydrogen-bond acceptors (Lipinski definition) is 4. The lowest BCUT2D eigenvalue weighted by atomic mass is 10.1. The van der Waals surface area contributed by atoms with Crippen LogP contribution in [0.1, 0.15) is 26.3 Å². The van der Waals surface area contributed by atoms with Crippen molar-refractivity contribution < 1.29 is 19.4 Å². The van der Waals surface area contributed by atoms with Crippen molar-refractivity contribution in [3.8, 4) is 0 Å². The van der Waals surface area contributed by atoms with Gasteiger partial charge in [-0.3, -0.25) is 0 Å². The molecule has 1 atom stereocenters. The van der Waals surface area contributed by atoms with Crippen LogP contribution in [0.4, 0.5) is 4.79 Å². The number of carbonyl (C=O) groups is 2. The highest BCUT2D eigenvalue weighted by atomic mass is 16.6. The number of ether oxygens (including phenoxy) is 1. The molecule has 6 nitrogen and oxygen atoms in total. The number of carbonyl (C=O) groups excluding carboxylic acids is 2.